The number of carbonyl (C=O) groups excluding carboxylic acids is 2. The number of nitrogens with zero attached hydrogens (tertiary/aromatic N) is 2. The van der Waals surface area contributed by atoms with Crippen molar-refractivity contribution in [2.45, 2.75) is 19.0 Å². The minimum absolute atomic E-state index is 0.154. The van der Waals surface area contributed by atoms with Gasteiger partial charge >= 0.3 is 6.03 Å². The molecule has 4 bridgehead atoms. The van der Waals surface area contributed by atoms with Crippen molar-refractivity contribution in [3.8, 4) is 0 Å². The van der Waals surface area contributed by atoms with Crippen LogP contribution in [0.15, 0.2) is 79.0 Å². The Bertz CT molecular complexity index is 1420. The summed E-state index contributed by atoms with van der Waals surface area (Å²) in [5, 5.41) is 11.2. The SMILES string of the molecule is CN1CCc2ccc(cc2)[C@@H](Nc2ccc3c(N)nccc3c2)C(=O)NCc2cccc(c2)NC1=O. The zero-order valence-electron chi connectivity index (χ0n) is 20.0. The van der Waals surface area contributed by atoms with Crippen LogP contribution in [0.5, 0.6) is 0 Å². The van der Waals surface area contributed by atoms with E-state index in [-0.39, 0.29) is 11.9 Å². The fourth-order valence-electron chi connectivity index (χ4n) is 4.30. The van der Waals surface area contributed by atoms with Gasteiger partial charge in [0, 0.05) is 43.1 Å². The number of fused-ring (bicyclic) bond motifs is 10. The van der Waals surface area contributed by atoms with Crippen LogP contribution in [-0.2, 0) is 17.8 Å². The van der Waals surface area contributed by atoms with Crippen molar-refractivity contribution in [3.05, 3.63) is 95.7 Å². The third-order valence-corrected chi connectivity index (χ3v) is 6.41. The fraction of sp³-hybridized carbons (Fsp3) is 0.179. The minimum atomic E-state index is -0.603. The molecule has 0 unspecified atom stereocenters. The van der Waals surface area contributed by atoms with Crippen molar-refractivity contribution in [3.63, 3.8) is 0 Å². The zero-order chi connectivity index (χ0) is 25.1. The van der Waals surface area contributed by atoms with E-state index < -0.39 is 6.04 Å². The smallest absolute Gasteiger partial charge is 0.321 e. The normalized spacial score (nSPS) is 16.5. The number of nitrogen functional groups attached to an aromatic ring is 1. The summed E-state index contributed by atoms with van der Waals surface area (Å²) in [5.74, 6) is 0.319. The van der Waals surface area contributed by atoms with Gasteiger partial charge in [0.2, 0.25) is 5.91 Å². The zero-order valence-corrected chi connectivity index (χ0v) is 20.0. The molecule has 2 aliphatic heterocycles. The van der Waals surface area contributed by atoms with Crippen LogP contribution in [-0.4, -0.2) is 35.4 Å². The van der Waals surface area contributed by atoms with Crippen LogP contribution >= 0.6 is 0 Å². The summed E-state index contributed by atoms with van der Waals surface area (Å²) in [6.07, 6.45) is 2.38. The number of hydrogen-bond acceptors (Lipinski definition) is 5. The summed E-state index contributed by atoms with van der Waals surface area (Å²) in [5.41, 5.74) is 10.3. The minimum Gasteiger partial charge on any atom is -0.383 e. The molecule has 0 saturated carbocycles. The molecule has 5 N–H and O–H groups in total. The Morgan fingerprint density at radius 1 is 1.00 bits per heavy atom. The van der Waals surface area contributed by atoms with Gasteiger partial charge in [-0.15, -0.1) is 0 Å². The van der Waals surface area contributed by atoms with Crippen molar-refractivity contribution >= 4 is 39.9 Å². The molecule has 3 aromatic carbocycles. The summed E-state index contributed by atoms with van der Waals surface area (Å²) in [6.45, 7) is 0.899. The van der Waals surface area contributed by atoms with E-state index in [0.29, 0.717) is 31.0 Å². The van der Waals surface area contributed by atoms with E-state index in [1.165, 1.54) is 0 Å². The van der Waals surface area contributed by atoms with E-state index in [1.54, 1.807) is 18.1 Å². The first-order valence-electron chi connectivity index (χ1n) is 11.8. The third-order valence-electron chi connectivity index (χ3n) is 6.41. The van der Waals surface area contributed by atoms with E-state index in [0.717, 1.165) is 33.2 Å². The molecule has 0 saturated heterocycles. The number of nitrogens with one attached hydrogen (secondary N) is 3. The molecule has 3 heterocycles. The molecular weight excluding hydrogens is 452 g/mol. The second-order valence-corrected chi connectivity index (χ2v) is 8.97. The molecule has 1 aromatic heterocycles. The van der Waals surface area contributed by atoms with Gasteiger partial charge in [-0.1, -0.05) is 36.4 Å². The Kier molecular flexibility index (Phi) is 6.40. The average molecular weight is 481 g/mol. The maximum absolute atomic E-state index is 13.4. The van der Waals surface area contributed by atoms with Gasteiger partial charge in [0.05, 0.1) is 0 Å². The highest BCUT2D eigenvalue weighted by atomic mass is 16.2. The molecule has 8 heteroatoms. The lowest BCUT2D eigenvalue weighted by Crippen LogP contribution is -2.34. The number of likely N-dealkylation sites (N-methyl/N-ethyl adjacent to an activating group) is 1. The third kappa shape index (κ3) is 5.07. The number of hydrogen-bond donors (Lipinski definition) is 4. The van der Waals surface area contributed by atoms with E-state index in [1.807, 2.05) is 72.8 Å². The largest absolute Gasteiger partial charge is 0.383 e. The second kappa shape index (κ2) is 9.95. The predicted molar refractivity (Wildman–Crippen MR) is 143 cm³/mol. The molecule has 1 atom stereocenters. The van der Waals surface area contributed by atoms with Gasteiger partial charge in [-0.2, -0.15) is 0 Å². The summed E-state index contributed by atoms with van der Waals surface area (Å²) in [7, 11) is 1.78. The molecule has 8 nitrogen and oxygen atoms in total. The maximum atomic E-state index is 13.4. The van der Waals surface area contributed by atoms with Crippen molar-refractivity contribution in [1.82, 2.24) is 15.2 Å². The predicted octanol–water partition coefficient (Wildman–Crippen LogP) is 4.31. The first kappa shape index (κ1) is 23.2. The van der Waals surface area contributed by atoms with Crippen molar-refractivity contribution in [2.75, 3.05) is 30.0 Å². The van der Waals surface area contributed by atoms with Gasteiger partial charge in [0.25, 0.3) is 0 Å². The standard InChI is InChI=1S/C28H28N6O2/c1-34-14-12-18-5-7-20(8-6-18)25(32-23-9-10-24-21(16-23)11-13-30-26(24)29)27(35)31-17-19-3-2-4-22(15-19)33-28(34)36/h2-11,13,15-16,25,32H,12,14,17H2,1H3,(H2,29,30)(H,31,35)(H,33,36)/t25-/m1/s1. The van der Waals surface area contributed by atoms with Gasteiger partial charge in [0.15, 0.2) is 0 Å². The van der Waals surface area contributed by atoms with Crippen LogP contribution < -0.4 is 21.7 Å². The molecule has 0 spiro atoms. The number of carbonyl (C=O) groups is 2. The number of benzene rings is 3. The summed E-state index contributed by atoms with van der Waals surface area (Å²) in [4.78, 5) is 31.8. The van der Waals surface area contributed by atoms with E-state index >= 15 is 0 Å². The average Bonchev–Trinajstić information content (AvgIpc) is 2.89. The molecule has 3 amide bonds. The molecule has 0 fully saturated rings. The van der Waals surface area contributed by atoms with Crippen LogP contribution in [0, 0.1) is 0 Å². The van der Waals surface area contributed by atoms with Gasteiger partial charge in [-0.25, -0.2) is 9.78 Å². The van der Waals surface area contributed by atoms with Gasteiger partial charge in [0.1, 0.15) is 11.9 Å². The molecule has 2 aliphatic rings. The molecule has 6 rings (SSSR count). The van der Waals surface area contributed by atoms with Gasteiger partial charge in [-0.3, -0.25) is 4.79 Å². The van der Waals surface area contributed by atoms with Crippen molar-refractivity contribution < 1.29 is 9.59 Å². The number of aromatic nitrogens is 1. The topological polar surface area (TPSA) is 112 Å². The molecule has 36 heavy (non-hydrogen) atoms. The first-order chi connectivity index (χ1) is 17.5. The number of rotatable bonds is 2. The second-order valence-electron chi connectivity index (χ2n) is 8.97. The van der Waals surface area contributed by atoms with Crippen molar-refractivity contribution in [1.29, 1.82) is 0 Å². The van der Waals surface area contributed by atoms with Crippen LogP contribution in [0.4, 0.5) is 22.0 Å². The monoisotopic (exact) mass is 480 g/mol. The van der Waals surface area contributed by atoms with Crippen LogP contribution in [0.25, 0.3) is 10.8 Å². The number of amides is 3. The van der Waals surface area contributed by atoms with E-state index in [9.17, 15) is 9.59 Å². The maximum Gasteiger partial charge on any atom is 0.321 e. The molecule has 0 radical (unpaired) electrons. The molecular formula is C28H28N6O2. The highest BCUT2D eigenvalue weighted by Gasteiger charge is 2.21. The first-order valence-corrected chi connectivity index (χ1v) is 11.8. The molecule has 0 aliphatic carbocycles. The number of nitrogens with two attached hydrogens (primary N) is 1. The van der Waals surface area contributed by atoms with Crippen LogP contribution in [0.2, 0.25) is 0 Å². The lowest BCUT2D eigenvalue weighted by atomic mass is 10.0. The summed E-state index contributed by atoms with van der Waals surface area (Å²) in [6, 6.07) is 22.3. The molecule has 4 aromatic rings. The Hall–Kier alpha value is -4.59. The van der Waals surface area contributed by atoms with E-state index in [4.69, 9.17) is 5.73 Å². The highest BCUT2D eigenvalue weighted by Crippen LogP contribution is 2.26. The van der Waals surface area contributed by atoms with Crippen LogP contribution in [0.1, 0.15) is 22.7 Å². The summed E-state index contributed by atoms with van der Waals surface area (Å²) < 4.78 is 0. The fourth-order valence-corrected chi connectivity index (χ4v) is 4.30. The van der Waals surface area contributed by atoms with E-state index in [2.05, 4.69) is 20.9 Å². The Labute approximate surface area is 209 Å². The Balaban J connectivity index is 1.47. The number of pyridine rings is 1. The van der Waals surface area contributed by atoms with Crippen LogP contribution in [0.3, 0.4) is 0 Å². The Morgan fingerprint density at radius 3 is 2.67 bits per heavy atom. The summed E-state index contributed by atoms with van der Waals surface area (Å²) >= 11 is 0. The molecule has 182 valence electrons. The number of urea groups is 1. The lowest BCUT2D eigenvalue weighted by Gasteiger charge is -2.22. The van der Waals surface area contributed by atoms with Gasteiger partial charge in [-0.05, 0) is 64.9 Å². The Morgan fingerprint density at radius 2 is 1.83 bits per heavy atom. The quantitative estimate of drug-likeness (QED) is 0.342. The highest BCUT2D eigenvalue weighted by molar-refractivity contribution is 5.94. The lowest BCUT2D eigenvalue weighted by molar-refractivity contribution is -0.122. The number of anilines is 3. The van der Waals surface area contributed by atoms with Crippen molar-refractivity contribution in [2.24, 2.45) is 0 Å². The van der Waals surface area contributed by atoms with Gasteiger partial charge < -0.3 is 26.6 Å².